The van der Waals surface area contributed by atoms with Gasteiger partial charge in [-0.05, 0) is 60.5 Å². The van der Waals surface area contributed by atoms with Gasteiger partial charge in [0, 0.05) is 26.4 Å². The van der Waals surface area contributed by atoms with Crippen molar-refractivity contribution in [3.8, 4) is 0 Å². The lowest BCUT2D eigenvalue weighted by Crippen LogP contribution is -2.35. The van der Waals surface area contributed by atoms with Gasteiger partial charge in [0.15, 0.2) is 0 Å². The van der Waals surface area contributed by atoms with E-state index in [2.05, 4.69) is 17.4 Å². The van der Waals surface area contributed by atoms with Crippen molar-refractivity contribution in [3.63, 3.8) is 0 Å². The van der Waals surface area contributed by atoms with E-state index < -0.39 is 0 Å². The summed E-state index contributed by atoms with van der Waals surface area (Å²) in [5, 5.41) is 2.64. The molecule has 4 aromatic carbocycles. The molecule has 1 heterocycles. The smallest absolute Gasteiger partial charge is 0.248 e. The second-order valence-corrected chi connectivity index (χ2v) is 10.8. The summed E-state index contributed by atoms with van der Waals surface area (Å²) in [7, 11) is 0. The number of hydrogen-bond donors (Lipinski definition) is 1. The van der Waals surface area contributed by atoms with Crippen LogP contribution in [-0.4, -0.2) is 17.1 Å². The standard InChI is InChI=1S/C31H26N2O2S2/c1-2-27(31(35)33-25-15-6-8-17-28(25)37-29-18-9-7-16-26(29)33)36-24-14-10-13-23(21-24)32-30(34)20-19-22-11-4-3-5-12-22/h3-21,27H,2H2,1H3,(H,32,34)/b20-19+. The lowest BCUT2D eigenvalue weighted by Gasteiger charge is -2.33. The van der Waals surface area contributed by atoms with E-state index in [1.165, 1.54) is 17.8 Å². The Kier molecular flexibility index (Phi) is 7.78. The highest BCUT2D eigenvalue weighted by molar-refractivity contribution is 8.00. The van der Waals surface area contributed by atoms with Crippen LogP contribution in [-0.2, 0) is 9.59 Å². The van der Waals surface area contributed by atoms with Crippen molar-refractivity contribution in [1.82, 2.24) is 0 Å². The molecule has 2 amide bonds. The molecule has 0 bridgehead atoms. The predicted molar refractivity (Wildman–Crippen MR) is 155 cm³/mol. The number of carbonyl (C=O) groups excluding carboxylic acids is 2. The molecule has 0 spiro atoms. The number of nitrogens with zero attached hydrogens (tertiary/aromatic N) is 1. The van der Waals surface area contributed by atoms with E-state index in [4.69, 9.17) is 0 Å². The van der Waals surface area contributed by atoms with Gasteiger partial charge in [0.2, 0.25) is 11.8 Å². The molecule has 1 aliphatic rings. The number of amides is 2. The Morgan fingerprint density at radius 1 is 0.865 bits per heavy atom. The fourth-order valence-corrected chi connectivity index (χ4v) is 6.24. The second kappa shape index (κ2) is 11.5. The summed E-state index contributed by atoms with van der Waals surface area (Å²) in [5.41, 5.74) is 3.49. The summed E-state index contributed by atoms with van der Waals surface area (Å²) in [6.07, 6.45) is 3.98. The van der Waals surface area contributed by atoms with E-state index in [0.29, 0.717) is 12.1 Å². The molecule has 1 atom stereocenters. The third-order valence-electron chi connectivity index (χ3n) is 5.91. The average molecular weight is 523 g/mol. The van der Waals surface area contributed by atoms with Gasteiger partial charge in [-0.3, -0.25) is 14.5 Å². The normalized spacial score (nSPS) is 13.1. The lowest BCUT2D eigenvalue weighted by atomic mass is 10.2. The van der Waals surface area contributed by atoms with Crippen molar-refractivity contribution in [2.24, 2.45) is 0 Å². The van der Waals surface area contributed by atoms with Crippen molar-refractivity contribution in [2.45, 2.75) is 33.3 Å². The lowest BCUT2D eigenvalue weighted by molar-refractivity contribution is -0.117. The number of nitrogens with one attached hydrogen (secondary N) is 1. The molecule has 0 fully saturated rings. The Balaban J connectivity index is 1.33. The van der Waals surface area contributed by atoms with Gasteiger partial charge in [0.1, 0.15) is 0 Å². The van der Waals surface area contributed by atoms with Crippen LogP contribution in [0.3, 0.4) is 0 Å². The van der Waals surface area contributed by atoms with E-state index in [1.54, 1.807) is 17.8 Å². The number of para-hydroxylation sites is 2. The van der Waals surface area contributed by atoms with Crippen LogP contribution < -0.4 is 10.2 Å². The van der Waals surface area contributed by atoms with Crippen LogP contribution in [0.2, 0.25) is 0 Å². The van der Waals surface area contributed by atoms with Crippen LogP contribution in [0.25, 0.3) is 6.08 Å². The van der Waals surface area contributed by atoms with Crippen molar-refractivity contribution >= 4 is 58.5 Å². The zero-order chi connectivity index (χ0) is 25.6. The van der Waals surface area contributed by atoms with Gasteiger partial charge >= 0.3 is 0 Å². The zero-order valence-electron chi connectivity index (χ0n) is 20.3. The molecule has 1 N–H and O–H groups in total. The number of carbonyl (C=O) groups is 2. The molecule has 37 heavy (non-hydrogen) atoms. The molecular weight excluding hydrogens is 496 g/mol. The van der Waals surface area contributed by atoms with Gasteiger partial charge in [-0.15, -0.1) is 11.8 Å². The average Bonchev–Trinajstić information content (AvgIpc) is 2.94. The number of anilines is 3. The van der Waals surface area contributed by atoms with Crippen LogP contribution in [0.15, 0.2) is 124 Å². The largest absolute Gasteiger partial charge is 0.322 e. The molecule has 1 aliphatic heterocycles. The maximum absolute atomic E-state index is 14.0. The van der Waals surface area contributed by atoms with Crippen molar-refractivity contribution in [3.05, 3.63) is 115 Å². The zero-order valence-corrected chi connectivity index (χ0v) is 22.0. The topological polar surface area (TPSA) is 49.4 Å². The monoisotopic (exact) mass is 522 g/mol. The van der Waals surface area contributed by atoms with Gasteiger partial charge in [0.25, 0.3) is 0 Å². The predicted octanol–water partition coefficient (Wildman–Crippen LogP) is 8.04. The highest BCUT2D eigenvalue weighted by Crippen LogP contribution is 2.48. The molecule has 1 unspecified atom stereocenters. The molecule has 0 saturated carbocycles. The van der Waals surface area contributed by atoms with Gasteiger partial charge in [-0.2, -0.15) is 0 Å². The fraction of sp³-hybridized carbons (Fsp3) is 0.0968. The van der Waals surface area contributed by atoms with Crippen LogP contribution in [0.5, 0.6) is 0 Å². The Morgan fingerprint density at radius 2 is 1.51 bits per heavy atom. The Morgan fingerprint density at radius 3 is 2.19 bits per heavy atom. The third kappa shape index (κ3) is 5.82. The minimum absolute atomic E-state index is 0.0490. The molecule has 6 heteroatoms. The van der Waals surface area contributed by atoms with Crippen molar-refractivity contribution in [1.29, 1.82) is 0 Å². The van der Waals surface area contributed by atoms with Gasteiger partial charge < -0.3 is 5.32 Å². The summed E-state index contributed by atoms with van der Waals surface area (Å²) < 4.78 is 0. The number of thioether (sulfide) groups is 1. The Labute approximate surface area is 225 Å². The van der Waals surface area contributed by atoms with Gasteiger partial charge in [-0.1, -0.05) is 79.3 Å². The summed E-state index contributed by atoms with van der Waals surface area (Å²) in [4.78, 5) is 31.4. The number of hydrogen-bond acceptors (Lipinski definition) is 4. The van der Waals surface area contributed by atoms with Gasteiger partial charge in [0.05, 0.1) is 16.6 Å². The minimum atomic E-state index is -0.284. The Bertz CT molecular complexity index is 1410. The highest BCUT2D eigenvalue weighted by Gasteiger charge is 2.32. The molecule has 0 aromatic heterocycles. The number of benzene rings is 4. The molecule has 4 nitrogen and oxygen atoms in total. The molecule has 0 radical (unpaired) electrons. The quantitative estimate of drug-likeness (QED) is 0.197. The fourth-order valence-electron chi connectivity index (χ4n) is 4.13. The van der Waals surface area contributed by atoms with Gasteiger partial charge in [-0.25, -0.2) is 0 Å². The molecule has 4 aromatic rings. The minimum Gasteiger partial charge on any atom is -0.322 e. The third-order valence-corrected chi connectivity index (χ3v) is 8.38. The van der Waals surface area contributed by atoms with Crippen LogP contribution in [0.1, 0.15) is 18.9 Å². The Hall–Kier alpha value is -3.74. The summed E-state index contributed by atoms with van der Waals surface area (Å²) in [6.45, 7) is 2.03. The summed E-state index contributed by atoms with van der Waals surface area (Å²) in [6, 6.07) is 33.4. The molecule has 0 aliphatic carbocycles. The molecule has 184 valence electrons. The van der Waals surface area contributed by atoms with Crippen molar-refractivity contribution in [2.75, 3.05) is 10.2 Å². The van der Waals surface area contributed by atoms with E-state index >= 15 is 0 Å². The molecule has 0 saturated heterocycles. The SMILES string of the molecule is CCC(Sc1cccc(NC(=O)/C=C/c2ccccc2)c1)C(=O)N1c2ccccc2Sc2ccccc21. The summed E-state index contributed by atoms with van der Waals surface area (Å²) in [5.74, 6) is -0.152. The maximum Gasteiger partial charge on any atom is 0.248 e. The van der Waals surface area contributed by atoms with E-state index in [-0.39, 0.29) is 17.1 Å². The molecular formula is C31H26N2O2S2. The highest BCUT2D eigenvalue weighted by atomic mass is 32.2. The first-order valence-corrected chi connectivity index (χ1v) is 13.8. The van der Waals surface area contributed by atoms with Crippen LogP contribution in [0, 0.1) is 0 Å². The van der Waals surface area contributed by atoms with Crippen LogP contribution >= 0.6 is 23.5 Å². The van der Waals surface area contributed by atoms with Crippen LogP contribution in [0.4, 0.5) is 17.1 Å². The summed E-state index contributed by atoms with van der Waals surface area (Å²) >= 11 is 3.21. The second-order valence-electron chi connectivity index (χ2n) is 8.49. The molecule has 5 rings (SSSR count). The number of fused-ring (bicyclic) bond motifs is 2. The first-order valence-electron chi connectivity index (χ1n) is 12.1. The van der Waals surface area contributed by atoms with E-state index in [0.717, 1.165) is 31.6 Å². The van der Waals surface area contributed by atoms with E-state index in [9.17, 15) is 9.59 Å². The first kappa shape index (κ1) is 24.9. The number of rotatable bonds is 7. The van der Waals surface area contributed by atoms with E-state index in [1.807, 2.05) is 103 Å². The maximum atomic E-state index is 14.0. The van der Waals surface area contributed by atoms with Crippen molar-refractivity contribution < 1.29 is 9.59 Å². The first-order chi connectivity index (χ1) is 18.1.